The molecule has 0 radical (unpaired) electrons. The topological polar surface area (TPSA) is 80.5 Å². The van der Waals surface area contributed by atoms with E-state index >= 15 is 0 Å². The number of hydrogen-bond acceptors (Lipinski definition) is 4. The standard InChI is InChI=1S/C22H19N3O3S/c1-15-11-12-25-14-21(23-22(25)13-15)18-3-7-19(8-4-18)24-29(27,28)20-9-5-17(6-10-20)16(2)26/h3-14,24H,1-2H3. The molecule has 2 heterocycles. The highest BCUT2D eigenvalue weighted by atomic mass is 32.2. The number of hydrogen-bond donors (Lipinski definition) is 1. The van der Waals surface area contributed by atoms with Gasteiger partial charge in [0, 0.05) is 29.2 Å². The largest absolute Gasteiger partial charge is 0.306 e. The number of aromatic nitrogens is 2. The fourth-order valence-corrected chi connectivity index (χ4v) is 4.07. The van der Waals surface area contributed by atoms with Crippen molar-refractivity contribution in [2.45, 2.75) is 18.7 Å². The second-order valence-electron chi connectivity index (χ2n) is 6.86. The van der Waals surface area contributed by atoms with Crippen molar-refractivity contribution in [1.82, 2.24) is 9.38 Å². The molecule has 146 valence electrons. The highest BCUT2D eigenvalue weighted by Crippen LogP contribution is 2.23. The minimum atomic E-state index is -3.74. The van der Waals surface area contributed by atoms with Gasteiger partial charge in [-0.3, -0.25) is 9.52 Å². The quantitative estimate of drug-likeness (QED) is 0.502. The Kier molecular flexibility index (Phi) is 4.68. The van der Waals surface area contributed by atoms with E-state index in [2.05, 4.69) is 9.71 Å². The average Bonchev–Trinajstić information content (AvgIpc) is 3.11. The zero-order valence-electron chi connectivity index (χ0n) is 16.0. The molecule has 0 atom stereocenters. The Bertz CT molecular complexity index is 1310. The lowest BCUT2D eigenvalue weighted by molar-refractivity contribution is 0.101. The lowest BCUT2D eigenvalue weighted by atomic mass is 10.1. The molecule has 0 amide bonds. The molecule has 0 unspecified atom stereocenters. The highest BCUT2D eigenvalue weighted by molar-refractivity contribution is 7.92. The van der Waals surface area contributed by atoms with Crippen molar-refractivity contribution in [3.63, 3.8) is 0 Å². The molecule has 2 aromatic heterocycles. The average molecular weight is 405 g/mol. The van der Waals surface area contributed by atoms with Crippen LogP contribution in [-0.4, -0.2) is 23.6 Å². The summed E-state index contributed by atoms with van der Waals surface area (Å²) in [5.41, 5.74) is 4.61. The molecule has 0 saturated carbocycles. The maximum atomic E-state index is 12.6. The van der Waals surface area contributed by atoms with Crippen molar-refractivity contribution in [3.05, 3.63) is 84.2 Å². The first-order valence-corrected chi connectivity index (χ1v) is 10.5. The monoisotopic (exact) mass is 405 g/mol. The third-order valence-electron chi connectivity index (χ3n) is 4.62. The Morgan fingerprint density at radius 2 is 1.69 bits per heavy atom. The van der Waals surface area contributed by atoms with Gasteiger partial charge in [-0.05, 0) is 55.8 Å². The van der Waals surface area contributed by atoms with E-state index in [-0.39, 0.29) is 10.7 Å². The van der Waals surface area contributed by atoms with Crippen molar-refractivity contribution < 1.29 is 13.2 Å². The molecule has 0 aliphatic heterocycles. The smallest absolute Gasteiger partial charge is 0.261 e. The van der Waals surface area contributed by atoms with Gasteiger partial charge in [-0.15, -0.1) is 0 Å². The molecule has 0 spiro atoms. The van der Waals surface area contributed by atoms with E-state index in [0.717, 1.165) is 22.5 Å². The van der Waals surface area contributed by atoms with Gasteiger partial charge in [0.2, 0.25) is 0 Å². The lowest BCUT2D eigenvalue weighted by Crippen LogP contribution is -2.13. The summed E-state index contributed by atoms with van der Waals surface area (Å²) in [5, 5.41) is 0. The number of Topliss-reactive ketones (excluding diaryl/α,β-unsaturated/α-hetero) is 1. The van der Waals surface area contributed by atoms with Crippen molar-refractivity contribution in [2.24, 2.45) is 0 Å². The third-order valence-corrected chi connectivity index (χ3v) is 6.02. The molecule has 7 heteroatoms. The molecule has 4 aromatic rings. The lowest BCUT2D eigenvalue weighted by Gasteiger charge is -2.09. The minimum Gasteiger partial charge on any atom is -0.306 e. The molecular formula is C22H19N3O3S. The first-order chi connectivity index (χ1) is 13.8. The number of anilines is 1. The summed E-state index contributed by atoms with van der Waals surface area (Å²) in [4.78, 5) is 16.1. The van der Waals surface area contributed by atoms with Gasteiger partial charge in [0.15, 0.2) is 5.78 Å². The number of pyridine rings is 1. The van der Waals surface area contributed by atoms with E-state index in [4.69, 9.17) is 0 Å². The summed E-state index contributed by atoms with van der Waals surface area (Å²) in [6.07, 6.45) is 3.89. The number of nitrogens with one attached hydrogen (secondary N) is 1. The van der Waals surface area contributed by atoms with E-state index < -0.39 is 10.0 Å². The maximum Gasteiger partial charge on any atom is 0.261 e. The van der Waals surface area contributed by atoms with E-state index in [9.17, 15) is 13.2 Å². The van der Waals surface area contributed by atoms with Gasteiger partial charge in [0.1, 0.15) is 5.65 Å². The third kappa shape index (κ3) is 3.90. The first-order valence-electron chi connectivity index (χ1n) is 9.01. The van der Waals surface area contributed by atoms with Crippen molar-refractivity contribution in [2.75, 3.05) is 4.72 Å². The number of imidazole rings is 1. The number of carbonyl (C=O) groups is 1. The number of sulfonamides is 1. The summed E-state index contributed by atoms with van der Waals surface area (Å²) in [5.74, 6) is -0.111. The van der Waals surface area contributed by atoms with Crippen molar-refractivity contribution in [1.29, 1.82) is 0 Å². The molecule has 6 nitrogen and oxygen atoms in total. The molecule has 0 aliphatic rings. The second kappa shape index (κ2) is 7.18. The molecule has 0 aliphatic carbocycles. The normalized spacial score (nSPS) is 11.5. The molecule has 4 rings (SSSR count). The van der Waals surface area contributed by atoms with E-state index in [1.807, 2.05) is 48.0 Å². The molecule has 0 saturated heterocycles. The number of rotatable bonds is 5. The molecule has 1 N–H and O–H groups in total. The van der Waals surface area contributed by atoms with Gasteiger partial charge in [-0.2, -0.15) is 0 Å². The fourth-order valence-electron chi connectivity index (χ4n) is 3.01. The van der Waals surface area contributed by atoms with Gasteiger partial charge < -0.3 is 4.40 Å². The van der Waals surface area contributed by atoms with Gasteiger partial charge in [0.25, 0.3) is 10.0 Å². The van der Waals surface area contributed by atoms with E-state index in [1.165, 1.54) is 31.2 Å². The van der Waals surface area contributed by atoms with Crippen LogP contribution in [0.25, 0.3) is 16.9 Å². The molecular weight excluding hydrogens is 386 g/mol. The predicted octanol–water partition coefficient (Wildman–Crippen LogP) is 4.31. The SMILES string of the molecule is CC(=O)c1ccc(S(=O)(=O)Nc2ccc(-c3cn4ccc(C)cc4n3)cc2)cc1. The Hall–Kier alpha value is -3.45. The van der Waals surface area contributed by atoms with Gasteiger partial charge >= 0.3 is 0 Å². The number of benzene rings is 2. The number of ketones is 1. The summed E-state index contributed by atoms with van der Waals surface area (Å²) in [6, 6.07) is 16.9. The van der Waals surface area contributed by atoms with Crippen LogP contribution >= 0.6 is 0 Å². The Balaban J connectivity index is 1.56. The Morgan fingerprint density at radius 1 is 1.00 bits per heavy atom. The van der Waals surface area contributed by atoms with Crippen LogP contribution < -0.4 is 4.72 Å². The maximum absolute atomic E-state index is 12.6. The van der Waals surface area contributed by atoms with Crippen LogP contribution in [0.15, 0.2) is 78.0 Å². The number of aryl methyl sites for hydroxylation is 1. The Labute approximate surface area is 168 Å². The summed E-state index contributed by atoms with van der Waals surface area (Å²) in [7, 11) is -3.74. The van der Waals surface area contributed by atoms with Crippen LogP contribution in [0, 0.1) is 6.92 Å². The zero-order chi connectivity index (χ0) is 20.6. The second-order valence-corrected chi connectivity index (χ2v) is 8.54. The zero-order valence-corrected chi connectivity index (χ0v) is 16.8. The molecule has 0 bridgehead atoms. The number of fused-ring (bicyclic) bond motifs is 1. The first kappa shape index (κ1) is 18.9. The van der Waals surface area contributed by atoms with Crippen LogP contribution in [0.5, 0.6) is 0 Å². The van der Waals surface area contributed by atoms with Gasteiger partial charge in [-0.25, -0.2) is 13.4 Å². The van der Waals surface area contributed by atoms with Gasteiger partial charge in [0.05, 0.1) is 10.6 Å². The van der Waals surface area contributed by atoms with Crippen molar-refractivity contribution in [3.8, 4) is 11.3 Å². The molecule has 2 aromatic carbocycles. The van der Waals surface area contributed by atoms with Crippen LogP contribution in [0.2, 0.25) is 0 Å². The van der Waals surface area contributed by atoms with Crippen molar-refractivity contribution >= 4 is 27.1 Å². The fraction of sp³-hybridized carbons (Fsp3) is 0.0909. The highest BCUT2D eigenvalue weighted by Gasteiger charge is 2.15. The van der Waals surface area contributed by atoms with Gasteiger partial charge in [-0.1, -0.05) is 24.3 Å². The Morgan fingerprint density at radius 3 is 2.34 bits per heavy atom. The van der Waals surface area contributed by atoms with E-state index in [0.29, 0.717) is 11.3 Å². The summed E-state index contributed by atoms with van der Waals surface area (Å²) >= 11 is 0. The van der Waals surface area contributed by atoms with Crippen LogP contribution in [0.3, 0.4) is 0 Å². The predicted molar refractivity (Wildman–Crippen MR) is 113 cm³/mol. The van der Waals surface area contributed by atoms with Crippen LogP contribution in [-0.2, 0) is 10.0 Å². The number of nitrogens with zero attached hydrogens (tertiary/aromatic N) is 2. The minimum absolute atomic E-state index is 0.0993. The van der Waals surface area contributed by atoms with Crippen LogP contribution in [0.4, 0.5) is 5.69 Å². The summed E-state index contributed by atoms with van der Waals surface area (Å²) < 4.78 is 29.7. The molecule has 0 fully saturated rings. The molecule has 29 heavy (non-hydrogen) atoms. The number of carbonyl (C=O) groups excluding carboxylic acids is 1. The van der Waals surface area contributed by atoms with Crippen LogP contribution in [0.1, 0.15) is 22.8 Å². The van der Waals surface area contributed by atoms with E-state index in [1.54, 1.807) is 12.1 Å². The summed E-state index contributed by atoms with van der Waals surface area (Å²) in [6.45, 7) is 3.45.